The minimum Gasteiger partial charge on any atom is -0.339 e. The van der Waals surface area contributed by atoms with Crippen molar-refractivity contribution < 1.29 is 9.59 Å². The van der Waals surface area contributed by atoms with Crippen LogP contribution in [0.3, 0.4) is 0 Å². The molecule has 1 fully saturated rings. The number of aromatic nitrogens is 2. The lowest BCUT2D eigenvalue weighted by Crippen LogP contribution is -2.50. The molecular weight excluding hydrogens is 464 g/mol. The summed E-state index contributed by atoms with van der Waals surface area (Å²) < 4.78 is 9.43. The standard InChI is InChI=1S/C24H26N8O2S/c1-17(33)31-13-15-32(16-14-31)23(34)19-5-7-20(8-6-19)26-24-25-12-11-22(27-24)18-3-9-21(10-4-18)28-35-29-30(35)2/h3-12H,13-16H2,1-2H3,(H,28,29)(H,25,26,27). The molecule has 0 saturated carbocycles. The minimum atomic E-state index is -0.214. The summed E-state index contributed by atoms with van der Waals surface area (Å²) in [6, 6.07) is 17.2. The van der Waals surface area contributed by atoms with Gasteiger partial charge in [-0.15, -0.1) is 8.89 Å². The number of hydrogen-bond donors (Lipinski definition) is 2. The molecular formula is C24H26N8O2S. The first kappa shape index (κ1) is 22.9. The van der Waals surface area contributed by atoms with Gasteiger partial charge in [0.15, 0.2) is 0 Å². The van der Waals surface area contributed by atoms with Gasteiger partial charge >= 0.3 is 0 Å². The number of hydrogen-bond acceptors (Lipinski definition) is 8. The summed E-state index contributed by atoms with van der Waals surface area (Å²) >= 11 is -0.214. The van der Waals surface area contributed by atoms with Crippen LogP contribution in [0.25, 0.3) is 11.3 Å². The quantitative estimate of drug-likeness (QED) is 0.547. The predicted octanol–water partition coefficient (Wildman–Crippen LogP) is 3.10. The van der Waals surface area contributed by atoms with Crippen LogP contribution in [0.15, 0.2) is 65.3 Å². The molecule has 10 nitrogen and oxygen atoms in total. The smallest absolute Gasteiger partial charge is 0.253 e. The molecule has 2 aliphatic heterocycles. The maximum atomic E-state index is 12.8. The first-order valence-electron chi connectivity index (χ1n) is 11.3. The summed E-state index contributed by atoms with van der Waals surface area (Å²) in [5.41, 5.74) is 4.20. The summed E-state index contributed by atoms with van der Waals surface area (Å²) in [5, 5.41) is 3.21. The largest absolute Gasteiger partial charge is 0.339 e. The molecule has 1 aromatic heterocycles. The number of nitrogens with zero attached hydrogens (tertiary/aromatic N) is 6. The van der Waals surface area contributed by atoms with E-state index in [9.17, 15) is 9.59 Å². The lowest BCUT2D eigenvalue weighted by molar-refractivity contribution is -0.130. The maximum Gasteiger partial charge on any atom is 0.253 e. The van der Waals surface area contributed by atoms with E-state index in [-0.39, 0.29) is 22.9 Å². The van der Waals surface area contributed by atoms with Crippen LogP contribution in [0.1, 0.15) is 17.3 Å². The third kappa shape index (κ3) is 5.47. The van der Waals surface area contributed by atoms with Gasteiger partial charge in [-0.25, -0.2) is 9.97 Å². The van der Waals surface area contributed by atoms with E-state index in [1.165, 1.54) is 0 Å². The molecule has 180 valence electrons. The molecule has 5 rings (SSSR count). The van der Waals surface area contributed by atoms with E-state index in [0.29, 0.717) is 37.7 Å². The van der Waals surface area contributed by atoms with E-state index in [4.69, 9.17) is 0 Å². The van der Waals surface area contributed by atoms with Crippen molar-refractivity contribution in [3.05, 3.63) is 66.4 Å². The fraction of sp³-hybridized carbons (Fsp3) is 0.250. The second-order valence-electron chi connectivity index (χ2n) is 8.26. The maximum absolute atomic E-state index is 12.8. The van der Waals surface area contributed by atoms with Crippen LogP contribution in [0.2, 0.25) is 0 Å². The molecule has 2 atom stereocenters. The third-order valence-electron chi connectivity index (χ3n) is 5.86. The molecule has 11 heteroatoms. The van der Waals surface area contributed by atoms with Crippen LogP contribution in [0.4, 0.5) is 17.3 Å². The Kier molecular flexibility index (Phi) is 6.43. The molecule has 3 heterocycles. The highest BCUT2D eigenvalue weighted by atomic mass is 32.2. The molecule has 0 radical (unpaired) electrons. The number of carbonyl (C=O) groups excluding carboxylic acids is 2. The normalized spacial score (nSPS) is 19.0. The van der Waals surface area contributed by atoms with Crippen molar-refractivity contribution in [2.75, 3.05) is 43.3 Å². The van der Waals surface area contributed by atoms with Crippen molar-refractivity contribution in [3.8, 4) is 11.3 Å². The van der Waals surface area contributed by atoms with E-state index >= 15 is 0 Å². The highest BCUT2D eigenvalue weighted by Crippen LogP contribution is 2.24. The first-order valence-corrected chi connectivity index (χ1v) is 12.4. The lowest BCUT2D eigenvalue weighted by Gasteiger charge is -2.34. The molecule has 35 heavy (non-hydrogen) atoms. The van der Waals surface area contributed by atoms with Crippen molar-refractivity contribution in [3.63, 3.8) is 0 Å². The van der Waals surface area contributed by atoms with Gasteiger partial charge in [0.05, 0.1) is 5.69 Å². The Morgan fingerprint density at radius 1 is 0.886 bits per heavy atom. The van der Waals surface area contributed by atoms with E-state index in [0.717, 1.165) is 22.6 Å². The zero-order valence-corrected chi connectivity index (χ0v) is 20.3. The average Bonchev–Trinajstić information content (AvgIpc) is 3.58. The molecule has 2 aliphatic rings. The predicted molar refractivity (Wildman–Crippen MR) is 137 cm³/mol. The van der Waals surface area contributed by atoms with E-state index in [1.54, 1.807) is 35.1 Å². The van der Waals surface area contributed by atoms with Gasteiger partial charge in [0.2, 0.25) is 11.9 Å². The number of anilines is 3. The van der Waals surface area contributed by atoms with Gasteiger partial charge in [-0.3, -0.25) is 9.59 Å². The Hall–Kier alpha value is -3.83. The number of benzene rings is 2. The van der Waals surface area contributed by atoms with Crippen molar-refractivity contribution in [2.24, 2.45) is 4.47 Å². The van der Waals surface area contributed by atoms with Gasteiger partial charge in [0, 0.05) is 68.8 Å². The van der Waals surface area contributed by atoms with Gasteiger partial charge in [-0.05, 0) is 42.5 Å². The number of nitrogens with one attached hydrogen (secondary N) is 2. The Bertz CT molecular complexity index is 1270. The van der Waals surface area contributed by atoms with Gasteiger partial charge in [-0.2, -0.15) is 0 Å². The number of carbonyl (C=O) groups is 2. The molecule has 2 aromatic carbocycles. The van der Waals surface area contributed by atoms with Crippen molar-refractivity contribution in [1.82, 2.24) is 24.2 Å². The van der Waals surface area contributed by atoms with Gasteiger partial charge in [0.1, 0.15) is 11.1 Å². The fourth-order valence-electron chi connectivity index (χ4n) is 3.81. The van der Waals surface area contributed by atoms with Crippen LogP contribution < -0.4 is 10.0 Å². The highest BCUT2D eigenvalue weighted by molar-refractivity contribution is 7.90. The third-order valence-corrected chi connectivity index (χ3v) is 7.12. The van der Waals surface area contributed by atoms with Gasteiger partial charge < -0.3 is 19.8 Å². The molecule has 2 amide bonds. The topological polar surface area (TPSA) is 106 Å². The SMILES string of the molecule is CC(=O)N1CCN(C(=O)c2ccc(Nc3nccc(-c4ccc(NS5=NN5C)cc4)n3)cc2)CC1. The van der Waals surface area contributed by atoms with Crippen LogP contribution in [0.5, 0.6) is 0 Å². The summed E-state index contributed by atoms with van der Waals surface area (Å²) in [6.45, 7) is 3.79. The summed E-state index contributed by atoms with van der Waals surface area (Å²) in [4.78, 5) is 36.8. The minimum absolute atomic E-state index is 0.0292. The molecule has 2 N–H and O–H groups in total. The van der Waals surface area contributed by atoms with Crippen LogP contribution in [-0.2, 0) is 15.9 Å². The Balaban J connectivity index is 1.21. The molecule has 3 aromatic rings. The molecule has 2 unspecified atom stereocenters. The Morgan fingerprint density at radius 3 is 2.14 bits per heavy atom. The summed E-state index contributed by atoms with van der Waals surface area (Å²) in [5.74, 6) is 0.494. The van der Waals surface area contributed by atoms with E-state index < -0.39 is 0 Å². The van der Waals surface area contributed by atoms with Crippen LogP contribution in [-0.4, -0.2) is 69.2 Å². The molecule has 0 bridgehead atoms. The second kappa shape index (κ2) is 9.80. The molecule has 0 aliphatic carbocycles. The van der Waals surface area contributed by atoms with Gasteiger partial charge in [0.25, 0.3) is 5.91 Å². The number of piperazine rings is 1. The van der Waals surface area contributed by atoms with Crippen LogP contribution >= 0.6 is 0 Å². The molecule has 1 saturated heterocycles. The number of rotatable bonds is 6. The first-order chi connectivity index (χ1) is 17.0. The zero-order chi connectivity index (χ0) is 24.4. The van der Waals surface area contributed by atoms with Crippen molar-refractivity contribution >= 4 is 40.2 Å². The Morgan fingerprint density at radius 2 is 1.51 bits per heavy atom. The monoisotopic (exact) mass is 490 g/mol. The zero-order valence-electron chi connectivity index (χ0n) is 19.5. The van der Waals surface area contributed by atoms with E-state index in [1.807, 2.05) is 53.9 Å². The fourth-order valence-corrected chi connectivity index (χ4v) is 4.61. The summed E-state index contributed by atoms with van der Waals surface area (Å²) in [7, 11) is 1.93. The second-order valence-corrected chi connectivity index (χ2v) is 9.68. The van der Waals surface area contributed by atoms with Gasteiger partial charge in [-0.1, -0.05) is 12.1 Å². The van der Waals surface area contributed by atoms with Crippen molar-refractivity contribution in [2.45, 2.75) is 6.92 Å². The highest BCUT2D eigenvalue weighted by Gasteiger charge is 2.23. The van der Waals surface area contributed by atoms with Crippen LogP contribution in [0, 0.1) is 0 Å². The van der Waals surface area contributed by atoms with E-state index in [2.05, 4.69) is 24.5 Å². The summed E-state index contributed by atoms with van der Waals surface area (Å²) in [6.07, 6.45) is 1.72. The average molecular weight is 491 g/mol. The van der Waals surface area contributed by atoms with Crippen molar-refractivity contribution in [1.29, 1.82) is 0 Å². The Labute approximate surface area is 206 Å². The molecule has 0 spiro atoms. The lowest BCUT2D eigenvalue weighted by atomic mass is 10.1. The number of amides is 2.